The highest BCUT2D eigenvalue weighted by Crippen LogP contribution is 2.35. The van der Waals surface area contributed by atoms with Gasteiger partial charge in [0.25, 0.3) is 0 Å². The predicted molar refractivity (Wildman–Crippen MR) is 68.2 cm³/mol. The number of rotatable bonds is 3. The zero-order chi connectivity index (χ0) is 11.7. The zero-order valence-corrected chi connectivity index (χ0v) is 10.4. The summed E-state index contributed by atoms with van der Waals surface area (Å²) in [6, 6.07) is 7.96. The van der Waals surface area contributed by atoms with E-state index in [2.05, 4.69) is 0 Å². The standard InChI is InChI=1S/C12H13ClO2S/c1-7-8-4-2-3-5-10(8)16-12(7)11(15)9(14)6-13/h2-5,9,11,14-15H,6H2,1H3. The van der Waals surface area contributed by atoms with Gasteiger partial charge in [-0.25, -0.2) is 0 Å². The fourth-order valence-electron chi connectivity index (χ4n) is 1.73. The molecule has 2 atom stereocenters. The summed E-state index contributed by atoms with van der Waals surface area (Å²) in [6.45, 7) is 1.96. The number of thiophene rings is 1. The lowest BCUT2D eigenvalue weighted by molar-refractivity contribution is 0.0347. The highest BCUT2D eigenvalue weighted by atomic mass is 35.5. The molecule has 1 aromatic carbocycles. The minimum atomic E-state index is -0.909. The fourth-order valence-corrected chi connectivity index (χ4v) is 3.16. The molecule has 0 aliphatic carbocycles. The monoisotopic (exact) mass is 256 g/mol. The summed E-state index contributed by atoms with van der Waals surface area (Å²) in [5, 5.41) is 20.6. The van der Waals surface area contributed by atoms with Crippen molar-refractivity contribution in [1.29, 1.82) is 0 Å². The molecule has 2 unspecified atom stereocenters. The van der Waals surface area contributed by atoms with Crippen LogP contribution in [0.4, 0.5) is 0 Å². The number of aliphatic hydroxyl groups excluding tert-OH is 2. The van der Waals surface area contributed by atoms with Crippen LogP contribution in [0.5, 0.6) is 0 Å². The van der Waals surface area contributed by atoms with Crippen LogP contribution < -0.4 is 0 Å². The van der Waals surface area contributed by atoms with Crippen molar-refractivity contribution in [2.75, 3.05) is 5.88 Å². The Balaban J connectivity index is 2.49. The van der Waals surface area contributed by atoms with Gasteiger partial charge >= 0.3 is 0 Å². The van der Waals surface area contributed by atoms with E-state index in [0.717, 1.165) is 20.5 Å². The van der Waals surface area contributed by atoms with Gasteiger partial charge in [-0.2, -0.15) is 0 Å². The van der Waals surface area contributed by atoms with Crippen molar-refractivity contribution in [3.63, 3.8) is 0 Å². The SMILES string of the molecule is Cc1c(C(O)C(O)CCl)sc2ccccc12. The number of hydrogen-bond donors (Lipinski definition) is 2. The summed E-state index contributed by atoms with van der Waals surface area (Å²) in [4.78, 5) is 0.800. The van der Waals surface area contributed by atoms with E-state index in [-0.39, 0.29) is 5.88 Å². The number of hydrogen-bond acceptors (Lipinski definition) is 3. The maximum absolute atomic E-state index is 9.95. The Kier molecular flexibility index (Phi) is 3.50. The molecule has 0 amide bonds. The maximum atomic E-state index is 9.95. The van der Waals surface area contributed by atoms with Crippen molar-refractivity contribution >= 4 is 33.0 Å². The Labute approximate surface area is 103 Å². The lowest BCUT2D eigenvalue weighted by Crippen LogP contribution is -2.19. The van der Waals surface area contributed by atoms with E-state index < -0.39 is 12.2 Å². The summed E-state index contributed by atoms with van der Waals surface area (Å²) in [6.07, 6.45) is -1.80. The van der Waals surface area contributed by atoms with Gasteiger partial charge in [-0.05, 0) is 23.9 Å². The summed E-state index contributed by atoms with van der Waals surface area (Å²) in [7, 11) is 0. The van der Waals surface area contributed by atoms with Crippen LogP contribution in [0.2, 0.25) is 0 Å². The van der Waals surface area contributed by atoms with Crippen molar-refractivity contribution in [2.24, 2.45) is 0 Å². The van der Waals surface area contributed by atoms with Gasteiger partial charge in [-0.1, -0.05) is 18.2 Å². The third-order valence-corrected chi connectivity index (χ3v) is 4.33. The van der Waals surface area contributed by atoms with E-state index in [4.69, 9.17) is 11.6 Å². The smallest absolute Gasteiger partial charge is 0.115 e. The fraction of sp³-hybridized carbons (Fsp3) is 0.333. The molecule has 0 saturated carbocycles. The molecule has 0 bridgehead atoms. The van der Waals surface area contributed by atoms with Crippen molar-refractivity contribution < 1.29 is 10.2 Å². The molecule has 0 saturated heterocycles. The third kappa shape index (κ3) is 1.96. The zero-order valence-electron chi connectivity index (χ0n) is 8.85. The minimum absolute atomic E-state index is 0.0366. The van der Waals surface area contributed by atoms with Crippen LogP contribution in [-0.4, -0.2) is 22.2 Å². The number of halogens is 1. The van der Waals surface area contributed by atoms with Crippen LogP contribution in [0.3, 0.4) is 0 Å². The van der Waals surface area contributed by atoms with Gasteiger partial charge in [0.1, 0.15) is 6.10 Å². The number of fused-ring (bicyclic) bond motifs is 1. The first kappa shape index (κ1) is 11.9. The van der Waals surface area contributed by atoms with Crippen molar-refractivity contribution in [2.45, 2.75) is 19.1 Å². The second-order valence-electron chi connectivity index (χ2n) is 3.75. The van der Waals surface area contributed by atoms with E-state index in [1.54, 1.807) is 0 Å². The molecule has 0 radical (unpaired) electrons. The van der Waals surface area contributed by atoms with Crippen LogP contribution in [0.1, 0.15) is 16.5 Å². The molecule has 0 spiro atoms. The average molecular weight is 257 g/mol. The first-order valence-corrected chi connectivity index (χ1v) is 6.40. The average Bonchev–Trinajstić information content (AvgIpc) is 2.65. The summed E-state index contributed by atoms with van der Waals surface area (Å²) in [5.41, 5.74) is 1.03. The minimum Gasteiger partial charge on any atom is -0.389 e. The van der Waals surface area contributed by atoms with E-state index >= 15 is 0 Å². The summed E-state index contributed by atoms with van der Waals surface area (Å²) >= 11 is 7.05. The Morgan fingerprint density at radius 2 is 2.00 bits per heavy atom. The molecule has 1 heterocycles. The maximum Gasteiger partial charge on any atom is 0.115 e. The van der Waals surface area contributed by atoms with Gasteiger partial charge in [0.2, 0.25) is 0 Å². The molecule has 16 heavy (non-hydrogen) atoms. The van der Waals surface area contributed by atoms with E-state index in [1.807, 2.05) is 31.2 Å². The van der Waals surface area contributed by atoms with Gasteiger partial charge in [-0.3, -0.25) is 0 Å². The number of benzene rings is 1. The summed E-state index contributed by atoms with van der Waals surface area (Å²) < 4.78 is 1.12. The van der Waals surface area contributed by atoms with Gasteiger partial charge in [0.05, 0.1) is 12.0 Å². The topological polar surface area (TPSA) is 40.5 Å². The largest absolute Gasteiger partial charge is 0.389 e. The number of aryl methyl sites for hydroxylation is 1. The Morgan fingerprint density at radius 1 is 1.31 bits per heavy atom. The lowest BCUT2D eigenvalue weighted by atomic mass is 10.1. The Morgan fingerprint density at radius 3 is 2.62 bits per heavy atom. The van der Waals surface area contributed by atoms with Crippen LogP contribution in [0.15, 0.2) is 24.3 Å². The van der Waals surface area contributed by atoms with Crippen LogP contribution in [-0.2, 0) is 0 Å². The van der Waals surface area contributed by atoms with Crippen LogP contribution in [0, 0.1) is 6.92 Å². The molecule has 0 fully saturated rings. The second-order valence-corrected chi connectivity index (χ2v) is 5.15. The molecule has 4 heteroatoms. The van der Waals surface area contributed by atoms with Gasteiger partial charge in [0, 0.05) is 9.58 Å². The first-order valence-electron chi connectivity index (χ1n) is 5.05. The third-order valence-electron chi connectivity index (χ3n) is 2.67. The van der Waals surface area contributed by atoms with E-state index in [0.29, 0.717) is 0 Å². The first-order chi connectivity index (χ1) is 7.65. The van der Waals surface area contributed by atoms with Crippen molar-refractivity contribution in [3.8, 4) is 0 Å². The molecule has 0 aliphatic rings. The molecule has 2 rings (SSSR count). The number of alkyl halides is 1. The molecular formula is C12H13ClO2S. The van der Waals surface area contributed by atoms with E-state index in [1.165, 1.54) is 11.3 Å². The number of aliphatic hydroxyl groups is 2. The highest BCUT2D eigenvalue weighted by Gasteiger charge is 2.22. The van der Waals surface area contributed by atoms with Crippen molar-refractivity contribution in [1.82, 2.24) is 0 Å². The van der Waals surface area contributed by atoms with E-state index in [9.17, 15) is 10.2 Å². The summed E-state index contributed by atoms with van der Waals surface area (Å²) in [5.74, 6) is 0.0366. The molecule has 1 aromatic heterocycles. The Hall–Kier alpha value is -0.610. The normalized spacial score (nSPS) is 15.2. The van der Waals surface area contributed by atoms with Crippen molar-refractivity contribution in [3.05, 3.63) is 34.7 Å². The molecule has 2 aromatic rings. The van der Waals surface area contributed by atoms with Gasteiger partial charge in [0.15, 0.2) is 0 Å². The van der Waals surface area contributed by atoms with Gasteiger partial charge in [-0.15, -0.1) is 22.9 Å². The molecule has 0 aliphatic heterocycles. The highest BCUT2D eigenvalue weighted by molar-refractivity contribution is 7.19. The van der Waals surface area contributed by atoms with Crippen LogP contribution in [0.25, 0.3) is 10.1 Å². The molecule has 86 valence electrons. The Bertz CT molecular complexity index is 495. The predicted octanol–water partition coefficient (Wildman–Crippen LogP) is 2.84. The second kappa shape index (κ2) is 4.72. The lowest BCUT2D eigenvalue weighted by Gasteiger charge is -2.14. The molecular weight excluding hydrogens is 244 g/mol. The quantitative estimate of drug-likeness (QED) is 0.829. The van der Waals surface area contributed by atoms with Gasteiger partial charge < -0.3 is 10.2 Å². The van der Waals surface area contributed by atoms with Crippen LogP contribution >= 0.6 is 22.9 Å². The molecule has 2 N–H and O–H groups in total. The molecule has 2 nitrogen and oxygen atoms in total.